The molecule has 3 nitrogen and oxygen atoms in total. The van der Waals surface area contributed by atoms with Gasteiger partial charge in [-0.3, -0.25) is 0 Å². The molecule has 0 bridgehead atoms. The number of benzene rings is 1. The maximum absolute atomic E-state index is 10.2. The minimum atomic E-state index is -0.351. The van der Waals surface area contributed by atoms with Crippen LogP contribution in [-0.2, 0) is 0 Å². The van der Waals surface area contributed by atoms with E-state index in [1.807, 2.05) is 31.2 Å². The van der Waals surface area contributed by atoms with Gasteiger partial charge in [0.05, 0.1) is 12.7 Å². The lowest BCUT2D eigenvalue weighted by atomic mass is 9.96. The fourth-order valence-corrected chi connectivity index (χ4v) is 2.55. The van der Waals surface area contributed by atoms with Crippen LogP contribution in [-0.4, -0.2) is 23.9 Å². The predicted molar refractivity (Wildman–Crippen MR) is 75.7 cm³/mol. The predicted octanol–water partition coefficient (Wildman–Crippen LogP) is 3.55. The Hall–Kier alpha value is -1.22. The van der Waals surface area contributed by atoms with Crippen LogP contribution in [0, 0.1) is 0 Å². The van der Waals surface area contributed by atoms with E-state index in [1.54, 1.807) is 0 Å². The van der Waals surface area contributed by atoms with Gasteiger partial charge in [-0.05, 0) is 38.3 Å². The Bertz CT molecular complexity index is 378. The summed E-state index contributed by atoms with van der Waals surface area (Å²) in [5, 5.41) is 10.2. The first-order chi connectivity index (χ1) is 9.29. The molecule has 1 fully saturated rings. The Labute approximate surface area is 115 Å². The molecule has 0 heterocycles. The third kappa shape index (κ3) is 4.43. The van der Waals surface area contributed by atoms with Gasteiger partial charge in [-0.2, -0.15) is 0 Å². The molecule has 0 spiro atoms. The molecule has 0 saturated heterocycles. The van der Waals surface area contributed by atoms with Crippen LogP contribution in [0.2, 0.25) is 0 Å². The summed E-state index contributed by atoms with van der Waals surface area (Å²) in [6.07, 6.45) is 6.03. The van der Waals surface area contributed by atoms with Gasteiger partial charge >= 0.3 is 0 Å². The lowest BCUT2D eigenvalue weighted by Gasteiger charge is -2.26. The monoisotopic (exact) mass is 264 g/mol. The molecule has 2 rings (SSSR count). The van der Waals surface area contributed by atoms with Crippen molar-refractivity contribution in [2.45, 2.75) is 57.7 Å². The first kappa shape index (κ1) is 14.2. The molecule has 0 amide bonds. The summed E-state index contributed by atoms with van der Waals surface area (Å²) in [5.74, 6) is 1.61. The maximum atomic E-state index is 10.2. The van der Waals surface area contributed by atoms with Crippen molar-refractivity contribution in [3.8, 4) is 11.5 Å². The quantitative estimate of drug-likeness (QED) is 0.904. The van der Waals surface area contributed by atoms with Crippen molar-refractivity contribution in [1.82, 2.24) is 0 Å². The van der Waals surface area contributed by atoms with Crippen LogP contribution < -0.4 is 9.47 Å². The Morgan fingerprint density at radius 2 is 1.84 bits per heavy atom. The number of ether oxygens (including phenoxy) is 2. The van der Waals surface area contributed by atoms with Crippen molar-refractivity contribution in [3.05, 3.63) is 24.3 Å². The Morgan fingerprint density at radius 1 is 1.11 bits per heavy atom. The van der Waals surface area contributed by atoms with Gasteiger partial charge in [-0.25, -0.2) is 0 Å². The highest BCUT2D eigenvalue weighted by Crippen LogP contribution is 2.25. The largest absolute Gasteiger partial charge is 0.494 e. The lowest BCUT2D eigenvalue weighted by molar-refractivity contribution is 0.0186. The van der Waals surface area contributed by atoms with Crippen LogP contribution in [0.1, 0.15) is 45.4 Å². The van der Waals surface area contributed by atoms with Gasteiger partial charge in [0.1, 0.15) is 17.6 Å². The maximum Gasteiger partial charge on any atom is 0.124 e. The molecule has 1 saturated carbocycles. The van der Waals surface area contributed by atoms with E-state index >= 15 is 0 Å². The van der Waals surface area contributed by atoms with E-state index in [2.05, 4.69) is 0 Å². The minimum absolute atomic E-state index is 0.0859. The van der Waals surface area contributed by atoms with Crippen LogP contribution in [0.15, 0.2) is 24.3 Å². The van der Waals surface area contributed by atoms with E-state index in [4.69, 9.17) is 9.47 Å². The standard InChI is InChI=1S/C16H24O3/c1-2-18-13-8-7-9-14(12-13)19-16-11-6-4-3-5-10-15(16)17/h7-9,12,15-17H,2-6,10-11H2,1H3. The third-order valence-corrected chi connectivity index (χ3v) is 3.57. The molecule has 1 aliphatic carbocycles. The normalized spacial score (nSPS) is 24.3. The number of rotatable bonds is 4. The molecule has 1 N–H and O–H groups in total. The minimum Gasteiger partial charge on any atom is -0.494 e. The number of aliphatic hydroxyl groups is 1. The summed E-state index contributed by atoms with van der Waals surface area (Å²) in [7, 11) is 0. The summed E-state index contributed by atoms with van der Waals surface area (Å²) in [6, 6.07) is 7.67. The van der Waals surface area contributed by atoms with E-state index in [0.717, 1.165) is 37.2 Å². The SMILES string of the molecule is CCOc1cccc(OC2CCCCCCC2O)c1. The van der Waals surface area contributed by atoms with Crippen LogP contribution >= 0.6 is 0 Å². The third-order valence-electron chi connectivity index (χ3n) is 3.57. The lowest BCUT2D eigenvalue weighted by Crippen LogP contribution is -2.32. The van der Waals surface area contributed by atoms with Crippen LogP contribution in [0.3, 0.4) is 0 Å². The Morgan fingerprint density at radius 3 is 2.63 bits per heavy atom. The molecule has 19 heavy (non-hydrogen) atoms. The molecule has 2 unspecified atom stereocenters. The molecule has 3 heteroatoms. The first-order valence-corrected chi connectivity index (χ1v) is 7.37. The van der Waals surface area contributed by atoms with E-state index < -0.39 is 0 Å². The molecule has 1 aromatic rings. The molecule has 106 valence electrons. The number of aliphatic hydroxyl groups excluding tert-OH is 1. The van der Waals surface area contributed by atoms with Crippen LogP contribution in [0.4, 0.5) is 0 Å². The summed E-state index contributed by atoms with van der Waals surface area (Å²) in [6.45, 7) is 2.61. The van der Waals surface area contributed by atoms with Gasteiger partial charge in [-0.15, -0.1) is 0 Å². The van der Waals surface area contributed by atoms with Gasteiger partial charge in [0.2, 0.25) is 0 Å². The van der Waals surface area contributed by atoms with E-state index in [1.165, 1.54) is 12.8 Å². The van der Waals surface area contributed by atoms with Crippen LogP contribution in [0.25, 0.3) is 0 Å². The Kier molecular flexibility index (Phi) is 5.52. The van der Waals surface area contributed by atoms with Crippen molar-refractivity contribution < 1.29 is 14.6 Å². The van der Waals surface area contributed by atoms with Crippen molar-refractivity contribution in [2.75, 3.05) is 6.61 Å². The summed E-state index contributed by atoms with van der Waals surface area (Å²) in [4.78, 5) is 0. The molecular weight excluding hydrogens is 240 g/mol. The highest BCUT2D eigenvalue weighted by atomic mass is 16.5. The fourth-order valence-electron chi connectivity index (χ4n) is 2.55. The fraction of sp³-hybridized carbons (Fsp3) is 0.625. The Balaban J connectivity index is 1.99. The molecular formula is C16H24O3. The van der Waals surface area contributed by atoms with Gasteiger partial charge < -0.3 is 14.6 Å². The van der Waals surface area contributed by atoms with Crippen molar-refractivity contribution in [2.24, 2.45) is 0 Å². The average molecular weight is 264 g/mol. The highest BCUT2D eigenvalue weighted by Gasteiger charge is 2.22. The smallest absolute Gasteiger partial charge is 0.124 e. The van der Waals surface area contributed by atoms with E-state index in [0.29, 0.717) is 6.61 Å². The zero-order chi connectivity index (χ0) is 13.5. The average Bonchev–Trinajstić information content (AvgIpc) is 2.39. The molecule has 0 radical (unpaired) electrons. The van der Waals surface area contributed by atoms with Crippen molar-refractivity contribution >= 4 is 0 Å². The zero-order valence-electron chi connectivity index (χ0n) is 11.7. The number of hydrogen-bond acceptors (Lipinski definition) is 3. The molecule has 0 aromatic heterocycles. The molecule has 1 aromatic carbocycles. The first-order valence-electron chi connectivity index (χ1n) is 7.37. The van der Waals surface area contributed by atoms with Gasteiger partial charge in [0.15, 0.2) is 0 Å². The summed E-state index contributed by atoms with van der Waals surface area (Å²) < 4.78 is 11.4. The second kappa shape index (κ2) is 7.39. The summed E-state index contributed by atoms with van der Waals surface area (Å²) >= 11 is 0. The molecule has 1 aliphatic rings. The van der Waals surface area contributed by atoms with Crippen LogP contribution in [0.5, 0.6) is 11.5 Å². The highest BCUT2D eigenvalue weighted by molar-refractivity contribution is 5.33. The number of hydrogen-bond donors (Lipinski definition) is 1. The zero-order valence-corrected chi connectivity index (χ0v) is 11.7. The van der Waals surface area contributed by atoms with E-state index in [-0.39, 0.29) is 12.2 Å². The second-order valence-electron chi connectivity index (χ2n) is 5.12. The van der Waals surface area contributed by atoms with Crippen molar-refractivity contribution in [3.63, 3.8) is 0 Å². The van der Waals surface area contributed by atoms with Gasteiger partial charge in [-0.1, -0.05) is 25.3 Å². The van der Waals surface area contributed by atoms with Crippen molar-refractivity contribution in [1.29, 1.82) is 0 Å². The molecule has 0 aliphatic heterocycles. The molecule has 2 atom stereocenters. The summed E-state index contributed by atoms with van der Waals surface area (Å²) in [5.41, 5.74) is 0. The van der Waals surface area contributed by atoms with Gasteiger partial charge in [0, 0.05) is 6.07 Å². The topological polar surface area (TPSA) is 38.7 Å². The van der Waals surface area contributed by atoms with E-state index in [9.17, 15) is 5.11 Å². The van der Waals surface area contributed by atoms with Gasteiger partial charge in [0.25, 0.3) is 0 Å². The second-order valence-corrected chi connectivity index (χ2v) is 5.12.